The van der Waals surface area contributed by atoms with E-state index in [2.05, 4.69) is 4.98 Å². The molecule has 0 N–H and O–H groups in total. The monoisotopic (exact) mass is 307 g/mol. The topological polar surface area (TPSA) is 74.1 Å². The van der Waals surface area contributed by atoms with Crippen LogP contribution in [0.15, 0.2) is 47.6 Å². The van der Waals surface area contributed by atoms with Crippen LogP contribution in [0.25, 0.3) is 0 Å². The number of hydrogen-bond donors (Lipinski definition) is 0. The predicted molar refractivity (Wildman–Crippen MR) is 76.0 cm³/mol. The maximum atomic E-state index is 12.5. The zero-order valence-corrected chi connectivity index (χ0v) is 12.1. The lowest BCUT2D eigenvalue weighted by Crippen LogP contribution is -2.27. The van der Waals surface area contributed by atoms with Crippen molar-refractivity contribution in [2.24, 2.45) is 0 Å². The number of halogens is 1. The van der Waals surface area contributed by atoms with Crippen molar-refractivity contribution < 1.29 is 8.42 Å². The van der Waals surface area contributed by atoms with Crippen molar-refractivity contribution in [3.05, 3.63) is 53.3 Å². The average molecular weight is 308 g/mol. The SMILES string of the molecule is CN(c1cccnc1)S(=O)(=O)c1cc(C#N)ccc1Cl. The van der Waals surface area contributed by atoms with Gasteiger partial charge in [-0.3, -0.25) is 9.29 Å². The quantitative estimate of drug-likeness (QED) is 0.873. The number of aromatic nitrogens is 1. The van der Waals surface area contributed by atoms with Gasteiger partial charge in [-0.2, -0.15) is 5.26 Å². The van der Waals surface area contributed by atoms with Crippen LogP contribution < -0.4 is 4.31 Å². The molecule has 0 aliphatic heterocycles. The Labute approximate surface area is 122 Å². The van der Waals surface area contributed by atoms with E-state index in [1.807, 2.05) is 6.07 Å². The molecule has 0 saturated heterocycles. The number of benzene rings is 1. The summed E-state index contributed by atoms with van der Waals surface area (Å²) in [6, 6.07) is 9.25. The van der Waals surface area contributed by atoms with E-state index in [0.29, 0.717) is 5.69 Å². The molecule has 102 valence electrons. The summed E-state index contributed by atoms with van der Waals surface area (Å²) < 4.78 is 26.1. The molecule has 1 aromatic carbocycles. The van der Waals surface area contributed by atoms with Gasteiger partial charge < -0.3 is 0 Å². The second-order valence-corrected chi connectivity index (χ2v) is 6.29. The van der Waals surface area contributed by atoms with Crippen LogP contribution in [0, 0.1) is 11.3 Å². The molecular weight excluding hydrogens is 298 g/mol. The molecule has 0 atom stereocenters. The van der Waals surface area contributed by atoms with Crippen LogP contribution in [-0.2, 0) is 10.0 Å². The lowest BCUT2D eigenvalue weighted by atomic mass is 10.2. The van der Waals surface area contributed by atoms with Gasteiger partial charge in [0.05, 0.1) is 28.5 Å². The normalized spacial score (nSPS) is 10.8. The van der Waals surface area contributed by atoms with E-state index in [0.717, 1.165) is 4.31 Å². The van der Waals surface area contributed by atoms with Crippen LogP contribution in [0.1, 0.15) is 5.56 Å². The highest BCUT2D eigenvalue weighted by molar-refractivity contribution is 7.93. The highest BCUT2D eigenvalue weighted by Crippen LogP contribution is 2.27. The van der Waals surface area contributed by atoms with Crippen molar-refractivity contribution in [2.75, 3.05) is 11.4 Å². The van der Waals surface area contributed by atoms with Gasteiger partial charge >= 0.3 is 0 Å². The standard InChI is InChI=1S/C13H10ClN3O2S/c1-17(11-3-2-6-16-9-11)20(18,19)13-7-10(8-15)4-5-12(13)14/h2-7,9H,1H3. The van der Waals surface area contributed by atoms with Crippen LogP contribution in [0.2, 0.25) is 5.02 Å². The van der Waals surface area contributed by atoms with E-state index in [9.17, 15) is 8.42 Å². The molecule has 0 spiro atoms. The first kappa shape index (κ1) is 14.3. The minimum absolute atomic E-state index is 0.0692. The lowest BCUT2D eigenvalue weighted by molar-refractivity contribution is 0.594. The van der Waals surface area contributed by atoms with Gasteiger partial charge in [0.25, 0.3) is 10.0 Å². The second-order valence-electron chi connectivity index (χ2n) is 3.94. The zero-order chi connectivity index (χ0) is 14.8. The van der Waals surface area contributed by atoms with Gasteiger partial charge in [-0.25, -0.2) is 8.42 Å². The first-order chi connectivity index (χ1) is 9.46. The van der Waals surface area contributed by atoms with Crippen molar-refractivity contribution in [3.8, 4) is 6.07 Å². The van der Waals surface area contributed by atoms with Crippen molar-refractivity contribution >= 4 is 27.3 Å². The lowest BCUT2D eigenvalue weighted by Gasteiger charge is -2.19. The van der Waals surface area contributed by atoms with Crippen molar-refractivity contribution in [1.29, 1.82) is 5.26 Å². The minimum atomic E-state index is -3.85. The van der Waals surface area contributed by atoms with Gasteiger partial charge in [0.15, 0.2) is 0 Å². The molecule has 1 aromatic heterocycles. The summed E-state index contributed by atoms with van der Waals surface area (Å²) in [7, 11) is -2.44. The number of rotatable bonds is 3. The van der Waals surface area contributed by atoms with Crippen LogP contribution >= 0.6 is 11.6 Å². The predicted octanol–water partition coefficient (Wildman–Crippen LogP) is 2.43. The van der Waals surface area contributed by atoms with Gasteiger partial charge in [0.2, 0.25) is 0 Å². The number of nitrogens with zero attached hydrogens (tertiary/aromatic N) is 3. The number of anilines is 1. The van der Waals surface area contributed by atoms with E-state index in [1.54, 1.807) is 18.3 Å². The summed E-state index contributed by atoms with van der Waals surface area (Å²) in [4.78, 5) is 3.77. The molecule has 7 heteroatoms. The summed E-state index contributed by atoms with van der Waals surface area (Å²) >= 11 is 5.94. The molecule has 0 aliphatic carbocycles. The third kappa shape index (κ3) is 2.59. The van der Waals surface area contributed by atoms with Crippen molar-refractivity contribution in [3.63, 3.8) is 0 Å². The molecular formula is C13H10ClN3O2S. The van der Waals surface area contributed by atoms with Gasteiger partial charge in [-0.1, -0.05) is 11.6 Å². The molecule has 2 rings (SSSR count). The third-order valence-electron chi connectivity index (χ3n) is 2.71. The highest BCUT2D eigenvalue weighted by atomic mass is 35.5. The molecule has 0 radical (unpaired) electrons. The Hall–Kier alpha value is -2.10. The van der Waals surface area contributed by atoms with Crippen molar-refractivity contribution in [1.82, 2.24) is 4.98 Å². The third-order valence-corrected chi connectivity index (χ3v) is 4.98. The summed E-state index contributed by atoms with van der Waals surface area (Å²) in [5, 5.41) is 8.93. The zero-order valence-electron chi connectivity index (χ0n) is 10.5. The van der Waals surface area contributed by atoms with Crippen molar-refractivity contribution in [2.45, 2.75) is 4.90 Å². The molecule has 0 saturated carbocycles. The smallest absolute Gasteiger partial charge is 0.265 e. The largest absolute Gasteiger partial charge is 0.268 e. The Morgan fingerprint density at radius 2 is 2.10 bits per heavy atom. The molecule has 5 nitrogen and oxygen atoms in total. The molecule has 1 heterocycles. The Morgan fingerprint density at radius 3 is 2.70 bits per heavy atom. The van der Waals surface area contributed by atoms with Gasteiger partial charge in [-0.15, -0.1) is 0 Å². The molecule has 0 fully saturated rings. The van der Waals surface area contributed by atoms with Crippen LogP contribution in [-0.4, -0.2) is 20.4 Å². The second kappa shape index (κ2) is 5.49. The summed E-state index contributed by atoms with van der Waals surface area (Å²) in [6.45, 7) is 0. The van der Waals surface area contributed by atoms with Crippen LogP contribution in [0.3, 0.4) is 0 Å². The number of nitriles is 1. The van der Waals surface area contributed by atoms with E-state index < -0.39 is 10.0 Å². The molecule has 0 unspecified atom stereocenters. The van der Waals surface area contributed by atoms with Crippen LogP contribution in [0.5, 0.6) is 0 Å². The summed E-state index contributed by atoms with van der Waals surface area (Å²) in [5.41, 5.74) is 0.637. The van der Waals surface area contributed by atoms with E-state index in [4.69, 9.17) is 16.9 Å². The average Bonchev–Trinajstić information content (AvgIpc) is 2.47. The summed E-state index contributed by atoms with van der Waals surface area (Å²) in [6.07, 6.45) is 2.98. The van der Waals surface area contributed by atoms with Gasteiger partial charge in [0, 0.05) is 13.2 Å². The number of pyridine rings is 1. The Kier molecular flexibility index (Phi) is 3.93. The molecule has 0 aliphatic rings. The Morgan fingerprint density at radius 1 is 1.35 bits per heavy atom. The van der Waals surface area contributed by atoms with Gasteiger partial charge in [0.1, 0.15) is 4.90 Å². The fraction of sp³-hybridized carbons (Fsp3) is 0.0769. The van der Waals surface area contributed by atoms with E-state index >= 15 is 0 Å². The maximum absolute atomic E-state index is 12.5. The Bertz CT molecular complexity index is 770. The van der Waals surface area contributed by atoms with E-state index in [1.165, 1.54) is 31.4 Å². The summed E-state index contributed by atoms with van der Waals surface area (Å²) in [5.74, 6) is 0. The fourth-order valence-corrected chi connectivity index (χ4v) is 3.28. The minimum Gasteiger partial charge on any atom is -0.268 e. The number of sulfonamides is 1. The Balaban J connectivity index is 2.54. The number of hydrogen-bond acceptors (Lipinski definition) is 4. The maximum Gasteiger partial charge on any atom is 0.265 e. The van der Waals surface area contributed by atoms with Gasteiger partial charge in [-0.05, 0) is 30.3 Å². The molecule has 0 amide bonds. The highest BCUT2D eigenvalue weighted by Gasteiger charge is 2.24. The first-order valence-electron chi connectivity index (χ1n) is 5.55. The molecule has 0 bridgehead atoms. The fourth-order valence-electron chi connectivity index (χ4n) is 1.60. The molecule has 2 aromatic rings. The van der Waals surface area contributed by atoms with E-state index in [-0.39, 0.29) is 15.5 Å². The van der Waals surface area contributed by atoms with Crippen LogP contribution in [0.4, 0.5) is 5.69 Å². The first-order valence-corrected chi connectivity index (χ1v) is 7.37. The molecule has 20 heavy (non-hydrogen) atoms.